The van der Waals surface area contributed by atoms with Crippen LogP contribution in [0.4, 0.5) is 0 Å². The second-order valence-corrected chi connectivity index (χ2v) is 11.7. The van der Waals surface area contributed by atoms with Crippen molar-refractivity contribution in [2.24, 2.45) is 0 Å². The molecular weight excluding hydrogens is 646 g/mol. The Bertz CT molecular complexity index is 1580. The maximum atomic E-state index is 13.6. The summed E-state index contributed by atoms with van der Waals surface area (Å²) in [5.74, 6) is -0.817. The largest absolute Gasteiger partial charge is 0.497 e. The summed E-state index contributed by atoms with van der Waals surface area (Å²) in [5, 5.41) is 72.5. The quantitative estimate of drug-likeness (QED) is 0.135. The summed E-state index contributed by atoms with van der Waals surface area (Å²) >= 11 is 5.99. The van der Waals surface area contributed by atoms with Crippen LogP contribution in [0.1, 0.15) is 21.6 Å². The van der Waals surface area contributed by atoms with E-state index in [2.05, 4.69) is 0 Å². The molecule has 0 aliphatic carbocycles. The number of aliphatic hydroxyl groups excluding tert-OH is 7. The summed E-state index contributed by atoms with van der Waals surface area (Å²) in [7, 11) is 1.47. The molecule has 3 aromatic rings. The number of carbonyl (C=O) groups is 2. The lowest BCUT2D eigenvalue weighted by atomic mass is 9.97. The van der Waals surface area contributed by atoms with Gasteiger partial charge in [-0.1, -0.05) is 11.6 Å². The van der Waals surface area contributed by atoms with Gasteiger partial charge in [0.05, 0.1) is 32.3 Å². The Hall–Kier alpha value is -3.19. The molecule has 1 aromatic heterocycles. The molecule has 2 aliphatic rings. The lowest BCUT2D eigenvalue weighted by Gasteiger charge is -2.45. The number of ether oxygens (including phenoxy) is 5. The van der Waals surface area contributed by atoms with E-state index in [-0.39, 0.29) is 5.91 Å². The topological polar surface area (TPSA) is 227 Å². The number of hydrogen-bond donors (Lipinski definition) is 7. The molecule has 2 saturated heterocycles. The Labute approximate surface area is 273 Å². The van der Waals surface area contributed by atoms with E-state index in [4.69, 9.17) is 35.3 Å². The molecule has 7 N–H and O–H groups in total. The lowest BCUT2D eigenvalue weighted by Crippen LogP contribution is -2.64. The molecule has 0 bridgehead atoms. The fourth-order valence-corrected chi connectivity index (χ4v) is 5.89. The number of rotatable bonds is 9. The average molecular weight is 682 g/mol. The van der Waals surface area contributed by atoms with Gasteiger partial charge in [0, 0.05) is 21.7 Å². The molecule has 5 rings (SSSR count). The maximum absolute atomic E-state index is 13.6. The zero-order valence-corrected chi connectivity index (χ0v) is 26.0. The van der Waals surface area contributed by atoms with Gasteiger partial charge in [-0.25, -0.2) is 0 Å². The smallest absolute Gasteiger partial charge is 0.312 e. The summed E-state index contributed by atoms with van der Waals surface area (Å²) < 4.78 is 28.6. The number of esters is 1. The first-order chi connectivity index (χ1) is 22.4. The summed E-state index contributed by atoms with van der Waals surface area (Å²) in [6.07, 6.45) is -17.2. The van der Waals surface area contributed by atoms with Crippen LogP contribution in [0.2, 0.25) is 5.02 Å². The van der Waals surface area contributed by atoms with Crippen molar-refractivity contribution < 1.29 is 69.0 Å². The van der Waals surface area contributed by atoms with E-state index in [1.165, 1.54) is 11.7 Å². The highest BCUT2D eigenvalue weighted by Crippen LogP contribution is 2.33. The molecule has 2 fully saturated rings. The Morgan fingerprint density at radius 3 is 2.13 bits per heavy atom. The standard InChI is InChI=1S/C31H36ClNO14/c1-13-17(18-9-16(43-2)7-8-19(18)33(13)29(42)14-3-5-15(32)6-4-14)10-22(36)46-30-27(41)25(39)28(21(12-35)45-30)47-31-26(40)24(38)23(37)20(11-34)44-31/h3-9,20-21,23-28,30-31,34-35,37-41H,10-12H2,1-2H3/t20-,21-,23-,24+,25-,26-,27-,28-,30+,31+/m1/s1. The number of aromatic nitrogens is 1. The number of aliphatic hydroxyl groups is 7. The van der Waals surface area contributed by atoms with Gasteiger partial charge < -0.3 is 59.4 Å². The molecule has 15 nitrogen and oxygen atoms in total. The van der Waals surface area contributed by atoms with Gasteiger partial charge in [0.25, 0.3) is 5.91 Å². The molecule has 47 heavy (non-hydrogen) atoms. The second kappa shape index (κ2) is 14.5. The Balaban J connectivity index is 1.35. The SMILES string of the molecule is COc1ccc2c(c1)c(CC(=O)O[C@@H]1O[C@H](CO)[C@@H](O[C@@H]3O[C@H](CO)[C@@H](O)[C@H](O)[C@H]3O)[C@H](O)[C@H]1O)c(C)n2C(=O)c1ccc(Cl)cc1. The molecule has 16 heteroatoms. The first-order valence-corrected chi connectivity index (χ1v) is 15.0. The van der Waals surface area contributed by atoms with Crippen molar-refractivity contribution >= 4 is 34.4 Å². The van der Waals surface area contributed by atoms with Crippen LogP contribution >= 0.6 is 11.6 Å². The van der Waals surface area contributed by atoms with Crippen LogP contribution in [0.25, 0.3) is 10.9 Å². The highest BCUT2D eigenvalue weighted by molar-refractivity contribution is 6.30. The predicted molar refractivity (Wildman–Crippen MR) is 161 cm³/mol. The summed E-state index contributed by atoms with van der Waals surface area (Å²) in [6, 6.07) is 11.3. The van der Waals surface area contributed by atoms with E-state index in [0.717, 1.165) is 0 Å². The van der Waals surface area contributed by atoms with Crippen molar-refractivity contribution in [1.29, 1.82) is 0 Å². The molecule has 2 aliphatic heterocycles. The number of methoxy groups -OCH3 is 1. The van der Waals surface area contributed by atoms with E-state index in [1.807, 2.05) is 0 Å². The Kier molecular flexibility index (Phi) is 10.8. The zero-order valence-electron chi connectivity index (χ0n) is 25.2. The monoisotopic (exact) mass is 681 g/mol. The zero-order chi connectivity index (χ0) is 34.2. The van der Waals surface area contributed by atoms with E-state index in [0.29, 0.717) is 38.5 Å². The van der Waals surface area contributed by atoms with Crippen molar-refractivity contribution in [3.8, 4) is 5.75 Å². The molecule has 2 aromatic carbocycles. The first-order valence-electron chi connectivity index (χ1n) is 14.7. The summed E-state index contributed by atoms with van der Waals surface area (Å²) in [5.41, 5.74) is 1.68. The van der Waals surface area contributed by atoms with Crippen molar-refractivity contribution in [2.45, 2.75) is 74.8 Å². The minimum atomic E-state index is -1.91. The van der Waals surface area contributed by atoms with Crippen LogP contribution < -0.4 is 4.74 Å². The lowest BCUT2D eigenvalue weighted by molar-refractivity contribution is -0.355. The molecule has 3 heterocycles. The minimum Gasteiger partial charge on any atom is -0.497 e. The number of hydrogen-bond acceptors (Lipinski definition) is 14. The van der Waals surface area contributed by atoms with Gasteiger partial charge in [-0.2, -0.15) is 0 Å². The molecule has 10 atom stereocenters. The molecule has 0 unspecified atom stereocenters. The third-order valence-corrected chi connectivity index (χ3v) is 8.62. The van der Waals surface area contributed by atoms with Crippen molar-refractivity contribution in [2.75, 3.05) is 20.3 Å². The van der Waals surface area contributed by atoms with Gasteiger partial charge in [-0.15, -0.1) is 0 Å². The summed E-state index contributed by atoms with van der Waals surface area (Å²) in [6.45, 7) is 0.110. The molecule has 0 spiro atoms. The van der Waals surface area contributed by atoms with Crippen LogP contribution in [0.15, 0.2) is 42.5 Å². The third-order valence-electron chi connectivity index (χ3n) is 8.37. The number of nitrogens with zero attached hydrogens (tertiary/aromatic N) is 1. The van der Waals surface area contributed by atoms with Crippen LogP contribution in [0.3, 0.4) is 0 Å². The maximum Gasteiger partial charge on any atom is 0.312 e. The van der Waals surface area contributed by atoms with Gasteiger partial charge in [-0.05, 0) is 55.0 Å². The van der Waals surface area contributed by atoms with Crippen molar-refractivity contribution in [3.05, 3.63) is 64.3 Å². The normalized spacial score (nSPS) is 31.1. The van der Waals surface area contributed by atoms with E-state index < -0.39 is 87.0 Å². The number of halogens is 1. The van der Waals surface area contributed by atoms with E-state index in [1.54, 1.807) is 49.4 Å². The molecular formula is C31H36ClNO14. The second-order valence-electron chi connectivity index (χ2n) is 11.3. The van der Waals surface area contributed by atoms with Gasteiger partial charge in [0.2, 0.25) is 6.29 Å². The fraction of sp³-hybridized carbons (Fsp3) is 0.484. The third kappa shape index (κ3) is 6.88. The molecule has 256 valence electrons. The Morgan fingerprint density at radius 2 is 1.49 bits per heavy atom. The molecule has 0 saturated carbocycles. The van der Waals surface area contributed by atoms with Crippen LogP contribution in [0, 0.1) is 6.92 Å². The van der Waals surface area contributed by atoms with Gasteiger partial charge in [0.1, 0.15) is 54.6 Å². The fourth-order valence-electron chi connectivity index (χ4n) is 5.76. The molecule has 0 radical (unpaired) electrons. The highest BCUT2D eigenvalue weighted by Gasteiger charge is 2.51. The number of benzene rings is 2. The van der Waals surface area contributed by atoms with E-state index >= 15 is 0 Å². The van der Waals surface area contributed by atoms with Crippen LogP contribution in [-0.4, -0.2) is 134 Å². The van der Waals surface area contributed by atoms with Gasteiger partial charge >= 0.3 is 5.97 Å². The predicted octanol–water partition coefficient (Wildman–Crippen LogP) is -0.990. The van der Waals surface area contributed by atoms with Crippen LogP contribution in [-0.2, 0) is 30.2 Å². The minimum absolute atomic E-state index is 0.350. The van der Waals surface area contributed by atoms with Crippen molar-refractivity contribution in [3.63, 3.8) is 0 Å². The average Bonchev–Trinajstić information content (AvgIpc) is 3.33. The van der Waals surface area contributed by atoms with Gasteiger partial charge in [-0.3, -0.25) is 14.2 Å². The van der Waals surface area contributed by atoms with Gasteiger partial charge in [0.15, 0.2) is 6.29 Å². The van der Waals surface area contributed by atoms with E-state index in [9.17, 15) is 45.3 Å². The summed E-state index contributed by atoms with van der Waals surface area (Å²) in [4.78, 5) is 26.9. The van der Waals surface area contributed by atoms with Crippen LogP contribution in [0.5, 0.6) is 5.75 Å². The number of carbonyl (C=O) groups excluding carboxylic acids is 2. The molecule has 0 amide bonds. The first kappa shape index (κ1) is 35.1. The number of fused-ring (bicyclic) bond motifs is 1. The highest BCUT2D eigenvalue weighted by atomic mass is 35.5. The van der Waals surface area contributed by atoms with Crippen molar-refractivity contribution in [1.82, 2.24) is 4.57 Å². The Morgan fingerprint density at radius 1 is 0.851 bits per heavy atom.